The van der Waals surface area contributed by atoms with Crippen LogP contribution in [0.4, 0.5) is 0 Å². The molecule has 0 saturated heterocycles. The van der Waals surface area contributed by atoms with Crippen LogP contribution in [0, 0.1) is 6.92 Å². The summed E-state index contributed by atoms with van der Waals surface area (Å²) in [6.07, 6.45) is 1.05. The average molecular weight is 427 g/mol. The highest BCUT2D eigenvalue weighted by atomic mass is 16.3. The molecular weight excluding hydrogens is 404 g/mol. The fourth-order valence-corrected chi connectivity index (χ4v) is 5.02. The van der Waals surface area contributed by atoms with Gasteiger partial charge in [0.05, 0.1) is 0 Å². The second-order valence-electron chi connectivity index (χ2n) is 9.01. The molecule has 2 aromatic heterocycles. The number of hydrogen-bond donors (Lipinski definition) is 0. The van der Waals surface area contributed by atoms with Gasteiger partial charge in [-0.1, -0.05) is 61.0 Å². The Labute approximate surface area is 191 Å². The van der Waals surface area contributed by atoms with E-state index in [-0.39, 0.29) is 0 Å². The van der Waals surface area contributed by atoms with Crippen LogP contribution in [0.5, 0.6) is 0 Å². The second kappa shape index (κ2) is 6.73. The van der Waals surface area contributed by atoms with Gasteiger partial charge in [-0.25, -0.2) is 0 Å². The zero-order chi connectivity index (χ0) is 22.1. The Hall–Kier alpha value is -4.04. The molecule has 2 heteroatoms. The first-order valence-electron chi connectivity index (χ1n) is 11.5. The Kier molecular flexibility index (Phi) is 3.78. The van der Waals surface area contributed by atoms with Crippen molar-refractivity contribution in [3.63, 3.8) is 0 Å². The Morgan fingerprint density at radius 3 is 1.91 bits per heavy atom. The summed E-state index contributed by atoms with van der Waals surface area (Å²) in [4.78, 5) is 0. The van der Waals surface area contributed by atoms with Crippen LogP contribution >= 0.6 is 0 Å². The van der Waals surface area contributed by atoms with Gasteiger partial charge in [0.15, 0.2) is 0 Å². The van der Waals surface area contributed by atoms with Crippen molar-refractivity contribution in [1.29, 1.82) is 0 Å². The Balaban J connectivity index is 1.43. The number of aryl methyl sites for hydroxylation is 2. The maximum absolute atomic E-state index is 6.35. The minimum Gasteiger partial charge on any atom is -0.456 e. The molecule has 0 N–H and O–H groups in total. The number of benzene rings is 5. The van der Waals surface area contributed by atoms with Crippen LogP contribution in [0.15, 0.2) is 93.8 Å². The van der Waals surface area contributed by atoms with Gasteiger partial charge in [0.2, 0.25) is 0 Å². The van der Waals surface area contributed by atoms with Gasteiger partial charge in [-0.05, 0) is 77.2 Å². The molecular formula is C31H22O2. The van der Waals surface area contributed by atoms with Gasteiger partial charge in [-0.3, -0.25) is 0 Å². The third-order valence-electron chi connectivity index (χ3n) is 6.87. The van der Waals surface area contributed by atoms with Crippen LogP contribution in [0.25, 0.3) is 65.8 Å². The van der Waals surface area contributed by atoms with Crippen LogP contribution in [0.2, 0.25) is 0 Å². The minimum atomic E-state index is 0.891. The summed E-state index contributed by atoms with van der Waals surface area (Å²) in [5.74, 6) is 0. The summed E-state index contributed by atoms with van der Waals surface area (Å²) in [6.45, 7) is 4.30. The van der Waals surface area contributed by atoms with E-state index in [1.165, 1.54) is 33.0 Å². The van der Waals surface area contributed by atoms with E-state index in [0.29, 0.717) is 0 Å². The lowest BCUT2D eigenvalue weighted by molar-refractivity contribution is 0.664. The van der Waals surface area contributed by atoms with E-state index >= 15 is 0 Å². The van der Waals surface area contributed by atoms with Crippen molar-refractivity contribution in [3.05, 3.63) is 96.1 Å². The van der Waals surface area contributed by atoms with Gasteiger partial charge in [-0.2, -0.15) is 0 Å². The molecule has 7 rings (SSSR count). The van der Waals surface area contributed by atoms with Crippen LogP contribution < -0.4 is 0 Å². The third-order valence-corrected chi connectivity index (χ3v) is 6.87. The Morgan fingerprint density at radius 2 is 1.15 bits per heavy atom. The van der Waals surface area contributed by atoms with E-state index in [2.05, 4.69) is 98.8 Å². The van der Waals surface area contributed by atoms with Crippen molar-refractivity contribution < 1.29 is 8.83 Å². The largest absolute Gasteiger partial charge is 0.456 e. The van der Waals surface area contributed by atoms with Gasteiger partial charge in [0, 0.05) is 21.5 Å². The van der Waals surface area contributed by atoms with Crippen molar-refractivity contribution in [2.75, 3.05) is 0 Å². The highest BCUT2D eigenvalue weighted by molar-refractivity contribution is 6.16. The zero-order valence-electron chi connectivity index (χ0n) is 18.6. The predicted molar refractivity (Wildman–Crippen MR) is 138 cm³/mol. The zero-order valence-corrected chi connectivity index (χ0v) is 18.6. The van der Waals surface area contributed by atoms with Crippen molar-refractivity contribution in [2.45, 2.75) is 20.3 Å². The molecule has 158 valence electrons. The summed E-state index contributed by atoms with van der Waals surface area (Å²) in [5.41, 5.74) is 8.58. The van der Waals surface area contributed by atoms with Crippen molar-refractivity contribution in [2.24, 2.45) is 0 Å². The summed E-state index contributed by atoms with van der Waals surface area (Å²) in [6, 6.07) is 30.4. The first-order valence-corrected chi connectivity index (χ1v) is 11.5. The molecule has 0 amide bonds. The number of rotatable bonds is 2. The maximum Gasteiger partial charge on any atom is 0.136 e. The third kappa shape index (κ3) is 2.81. The molecule has 0 unspecified atom stereocenters. The Morgan fingerprint density at radius 1 is 0.515 bits per heavy atom. The smallest absolute Gasteiger partial charge is 0.136 e. The molecule has 0 aliphatic heterocycles. The van der Waals surface area contributed by atoms with E-state index in [4.69, 9.17) is 8.83 Å². The summed E-state index contributed by atoms with van der Waals surface area (Å²) in [7, 11) is 0. The van der Waals surface area contributed by atoms with Crippen LogP contribution in [-0.2, 0) is 6.42 Å². The molecule has 0 aliphatic rings. The molecule has 0 spiro atoms. The molecule has 0 fully saturated rings. The van der Waals surface area contributed by atoms with Gasteiger partial charge in [-0.15, -0.1) is 0 Å². The second-order valence-corrected chi connectivity index (χ2v) is 9.01. The van der Waals surface area contributed by atoms with Crippen molar-refractivity contribution >= 4 is 54.6 Å². The van der Waals surface area contributed by atoms with Gasteiger partial charge < -0.3 is 8.83 Å². The maximum atomic E-state index is 6.35. The quantitative estimate of drug-likeness (QED) is 0.275. The molecule has 2 nitrogen and oxygen atoms in total. The van der Waals surface area contributed by atoms with Crippen LogP contribution in [0.1, 0.15) is 18.1 Å². The lowest BCUT2D eigenvalue weighted by Gasteiger charge is -2.03. The molecule has 0 saturated carbocycles. The summed E-state index contributed by atoms with van der Waals surface area (Å²) >= 11 is 0. The monoisotopic (exact) mass is 426 g/mol. The lowest BCUT2D eigenvalue weighted by atomic mass is 10.0. The fraction of sp³-hybridized carbons (Fsp3) is 0.0968. The van der Waals surface area contributed by atoms with Crippen LogP contribution in [-0.4, -0.2) is 0 Å². The van der Waals surface area contributed by atoms with E-state index in [1.807, 2.05) is 0 Å². The van der Waals surface area contributed by atoms with Crippen LogP contribution in [0.3, 0.4) is 0 Å². The highest BCUT2D eigenvalue weighted by Crippen LogP contribution is 2.39. The SMILES string of the molecule is CCc1ccc(-c2ccc3c(c2)oc2cc4c(cc23)oc2cc3cc(C)ccc3cc24)cc1. The topological polar surface area (TPSA) is 26.3 Å². The van der Waals surface area contributed by atoms with Gasteiger partial charge in [0.25, 0.3) is 0 Å². The molecule has 2 heterocycles. The van der Waals surface area contributed by atoms with E-state index in [0.717, 1.165) is 50.3 Å². The number of fused-ring (bicyclic) bond motifs is 7. The van der Waals surface area contributed by atoms with E-state index in [1.54, 1.807) is 0 Å². The number of hydrogen-bond acceptors (Lipinski definition) is 2. The standard InChI is InChI=1S/C31H22O2/c1-3-19-5-8-20(9-6-19)22-10-11-24-26-16-31-27(17-30(26)32-28(24)14-22)25-13-21-7-4-18(2)12-23(21)15-29(25)33-31/h4-17H,3H2,1-2H3. The fourth-order valence-electron chi connectivity index (χ4n) is 5.02. The normalized spacial score (nSPS) is 12.1. The van der Waals surface area contributed by atoms with Crippen molar-refractivity contribution in [3.8, 4) is 11.1 Å². The van der Waals surface area contributed by atoms with Gasteiger partial charge in [0.1, 0.15) is 22.3 Å². The first-order chi connectivity index (χ1) is 16.2. The number of furan rings is 2. The molecule has 0 atom stereocenters. The lowest BCUT2D eigenvalue weighted by Crippen LogP contribution is -1.81. The molecule has 0 aliphatic carbocycles. The predicted octanol–water partition coefficient (Wildman–Crippen LogP) is 9.18. The molecule has 7 aromatic rings. The van der Waals surface area contributed by atoms with Gasteiger partial charge >= 0.3 is 0 Å². The molecule has 33 heavy (non-hydrogen) atoms. The summed E-state index contributed by atoms with van der Waals surface area (Å²) < 4.78 is 12.6. The van der Waals surface area contributed by atoms with Crippen molar-refractivity contribution in [1.82, 2.24) is 0 Å². The highest BCUT2D eigenvalue weighted by Gasteiger charge is 2.14. The minimum absolute atomic E-state index is 0.891. The average Bonchev–Trinajstić information content (AvgIpc) is 3.37. The molecule has 0 radical (unpaired) electrons. The first kappa shape index (κ1) is 18.5. The molecule has 5 aromatic carbocycles. The van der Waals surface area contributed by atoms with E-state index in [9.17, 15) is 0 Å². The van der Waals surface area contributed by atoms with E-state index < -0.39 is 0 Å². The molecule has 0 bridgehead atoms. The Bertz CT molecular complexity index is 1850. The summed E-state index contributed by atoms with van der Waals surface area (Å²) in [5, 5.41) is 6.84.